The number of halogens is 2. The van der Waals surface area contributed by atoms with Gasteiger partial charge in [-0.15, -0.1) is 0 Å². The zero-order valence-corrected chi connectivity index (χ0v) is 17.4. The molecule has 0 unspecified atom stereocenters. The molecule has 0 aliphatic heterocycles. The van der Waals surface area contributed by atoms with Gasteiger partial charge in [-0.2, -0.15) is 0 Å². The van der Waals surface area contributed by atoms with E-state index < -0.39 is 0 Å². The second-order valence-electron chi connectivity index (χ2n) is 7.17. The van der Waals surface area contributed by atoms with Crippen molar-refractivity contribution in [3.05, 3.63) is 107 Å². The van der Waals surface area contributed by atoms with E-state index in [2.05, 4.69) is 5.32 Å². The standard InChI is InChI=1S/C25H20ClFN2O/c1-16-6-12-21(13-7-16)28-25(30)23-15-24(18-8-10-19(26)11-9-18)29(17(23)2)22-5-3-4-20(27)14-22/h3-15H,1-2H3,(H,28,30). The van der Waals surface area contributed by atoms with Gasteiger partial charge in [-0.25, -0.2) is 4.39 Å². The number of nitrogens with one attached hydrogen (secondary N) is 1. The van der Waals surface area contributed by atoms with E-state index in [4.69, 9.17) is 11.6 Å². The Morgan fingerprint density at radius 3 is 2.30 bits per heavy atom. The van der Waals surface area contributed by atoms with Crippen molar-refractivity contribution in [1.29, 1.82) is 0 Å². The van der Waals surface area contributed by atoms with Crippen molar-refractivity contribution >= 4 is 23.2 Å². The van der Waals surface area contributed by atoms with Crippen LogP contribution in [0.2, 0.25) is 5.02 Å². The Kier molecular flexibility index (Phi) is 5.42. The summed E-state index contributed by atoms with van der Waals surface area (Å²) in [4.78, 5) is 13.0. The van der Waals surface area contributed by atoms with Crippen LogP contribution in [0.4, 0.5) is 10.1 Å². The number of carbonyl (C=O) groups excluding carboxylic acids is 1. The fraction of sp³-hybridized carbons (Fsp3) is 0.0800. The molecule has 0 aliphatic rings. The van der Waals surface area contributed by atoms with Crippen LogP contribution in [0.3, 0.4) is 0 Å². The average molecular weight is 419 g/mol. The molecule has 1 aromatic heterocycles. The third kappa shape index (κ3) is 4.00. The van der Waals surface area contributed by atoms with Crippen molar-refractivity contribution in [1.82, 2.24) is 4.57 Å². The van der Waals surface area contributed by atoms with Crippen molar-refractivity contribution in [3.63, 3.8) is 0 Å². The minimum absolute atomic E-state index is 0.221. The highest BCUT2D eigenvalue weighted by Crippen LogP contribution is 2.31. The highest BCUT2D eigenvalue weighted by molar-refractivity contribution is 6.30. The Morgan fingerprint density at radius 1 is 0.933 bits per heavy atom. The van der Waals surface area contributed by atoms with Crippen LogP contribution in [0, 0.1) is 19.7 Å². The van der Waals surface area contributed by atoms with E-state index in [9.17, 15) is 9.18 Å². The molecule has 3 nitrogen and oxygen atoms in total. The Bertz CT molecular complexity index is 1210. The van der Waals surface area contributed by atoms with Crippen molar-refractivity contribution in [3.8, 4) is 16.9 Å². The molecule has 4 aromatic rings. The summed E-state index contributed by atoms with van der Waals surface area (Å²) in [6.45, 7) is 3.85. The highest BCUT2D eigenvalue weighted by atomic mass is 35.5. The molecule has 0 aliphatic carbocycles. The monoisotopic (exact) mass is 418 g/mol. The van der Waals surface area contributed by atoms with Crippen molar-refractivity contribution < 1.29 is 9.18 Å². The molecule has 150 valence electrons. The number of anilines is 1. The molecule has 0 saturated carbocycles. The molecule has 0 radical (unpaired) electrons. The van der Waals surface area contributed by atoms with Gasteiger partial charge < -0.3 is 9.88 Å². The number of benzene rings is 3. The maximum absolute atomic E-state index is 13.9. The zero-order chi connectivity index (χ0) is 21.3. The molecule has 3 aromatic carbocycles. The van der Waals surface area contributed by atoms with E-state index in [0.717, 1.165) is 28.2 Å². The summed E-state index contributed by atoms with van der Waals surface area (Å²) in [7, 11) is 0. The van der Waals surface area contributed by atoms with E-state index >= 15 is 0 Å². The number of carbonyl (C=O) groups is 1. The van der Waals surface area contributed by atoms with Crippen LogP contribution < -0.4 is 5.32 Å². The van der Waals surface area contributed by atoms with E-state index in [-0.39, 0.29) is 11.7 Å². The maximum Gasteiger partial charge on any atom is 0.257 e. The fourth-order valence-corrected chi connectivity index (χ4v) is 3.58. The normalized spacial score (nSPS) is 10.8. The van der Waals surface area contributed by atoms with Crippen LogP contribution in [0.25, 0.3) is 16.9 Å². The van der Waals surface area contributed by atoms with Gasteiger partial charge in [0.15, 0.2) is 0 Å². The molecule has 0 spiro atoms. The van der Waals surface area contributed by atoms with Gasteiger partial charge >= 0.3 is 0 Å². The number of nitrogens with zero attached hydrogens (tertiary/aromatic N) is 1. The van der Waals surface area contributed by atoms with Gasteiger partial charge in [-0.1, -0.05) is 47.5 Å². The molecular formula is C25H20ClFN2O. The summed E-state index contributed by atoms with van der Waals surface area (Å²) in [6, 6.07) is 23.1. The van der Waals surface area contributed by atoms with Crippen molar-refractivity contribution in [2.45, 2.75) is 13.8 Å². The lowest BCUT2D eigenvalue weighted by Crippen LogP contribution is -2.13. The molecule has 1 heterocycles. The van der Waals surface area contributed by atoms with Crippen molar-refractivity contribution in [2.75, 3.05) is 5.32 Å². The SMILES string of the molecule is Cc1ccc(NC(=O)c2cc(-c3ccc(Cl)cc3)n(-c3cccc(F)c3)c2C)cc1. The first-order valence-corrected chi connectivity index (χ1v) is 9.92. The van der Waals surface area contributed by atoms with E-state index in [0.29, 0.717) is 16.3 Å². The van der Waals surface area contributed by atoms with Crippen LogP contribution in [0.15, 0.2) is 78.9 Å². The summed E-state index contributed by atoms with van der Waals surface area (Å²) in [5, 5.41) is 3.56. The quantitative estimate of drug-likeness (QED) is 0.388. The molecule has 0 atom stereocenters. The van der Waals surface area contributed by atoms with Crippen LogP contribution in [-0.4, -0.2) is 10.5 Å². The van der Waals surface area contributed by atoms with Gasteiger partial charge in [-0.05, 0) is 67.9 Å². The van der Waals surface area contributed by atoms with Gasteiger partial charge in [0, 0.05) is 22.1 Å². The third-order valence-electron chi connectivity index (χ3n) is 5.01. The molecule has 0 saturated heterocycles. The molecule has 5 heteroatoms. The molecule has 0 bridgehead atoms. The smallest absolute Gasteiger partial charge is 0.257 e. The highest BCUT2D eigenvalue weighted by Gasteiger charge is 2.20. The number of aryl methyl sites for hydroxylation is 1. The predicted octanol–water partition coefficient (Wildman–Crippen LogP) is 6.81. The summed E-state index contributed by atoms with van der Waals surface area (Å²) < 4.78 is 15.8. The topological polar surface area (TPSA) is 34.0 Å². The Balaban J connectivity index is 1.82. The molecule has 1 amide bonds. The zero-order valence-electron chi connectivity index (χ0n) is 16.6. The summed E-state index contributed by atoms with van der Waals surface area (Å²) in [6.07, 6.45) is 0. The van der Waals surface area contributed by atoms with E-state index in [1.165, 1.54) is 12.1 Å². The molecule has 30 heavy (non-hydrogen) atoms. The van der Waals surface area contributed by atoms with Gasteiger partial charge in [0.1, 0.15) is 5.82 Å². The van der Waals surface area contributed by atoms with Crippen LogP contribution in [0.1, 0.15) is 21.6 Å². The number of rotatable bonds is 4. The molecule has 1 N–H and O–H groups in total. The largest absolute Gasteiger partial charge is 0.322 e. The third-order valence-corrected chi connectivity index (χ3v) is 5.26. The first kappa shape index (κ1) is 19.9. The van der Waals surface area contributed by atoms with Gasteiger partial charge in [-0.3, -0.25) is 4.79 Å². The lowest BCUT2D eigenvalue weighted by molar-refractivity contribution is 0.102. The molecule has 4 rings (SSSR count). The van der Waals surface area contributed by atoms with Gasteiger partial charge in [0.2, 0.25) is 0 Å². The van der Waals surface area contributed by atoms with Crippen LogP contribution in [0.5, 0.6) is 0 Å². The second kappa shape index (κ2) is 8.17. The average Bonchev–Trinajstić information content (AvgIpc) is 3.07. The summed E-state index contributed by atoms with van der Waals surface area (Å²) in [5.74, 6) is -0.560. The van der Waals surface area contributed by atoms with Crippen LogP contribution in [-0.2, 0) is 0 Å². The molecular weight excluding hydrogens is 399 g/mol. The van der Waals surface area contributed by atoms with E-state index in [1.807, 2.05) is 66.9 Å². The van der Waals surface area contributed by atoms with E-state index in [1.54, 1.807) is 18.2 Å². The number of amides is 1. The second-order valence-corrected chi connectivity index (χ2v) is 7.61. The van der Waals surface area contributed by atoms with Gasteiger partial charge in [0.05, 0.1) is 11.3 Å². The predicted molar refractivity (Wildman–Crippen MR) is 120 cm³/mol. The first-order chi connectivity index (χ1) is 14.4. The van der Waals surface area contributed by atoms with Gasteiger partial charge in [0.25, 0.3) is 5.91 Å². The first-order valence-electron chi connectivity index (χ1n) is 9.54. The lowest BCUT2D eigenvalue weighted by atomic mass is 10.1. The number of hydrogen-bond acceptors (Lipinski definition) is 1. The number of aromatic nitrogens is 1. The van der Waals surface area contributed by atoms with Crippen LogP contribution >= 0.6 is 11.6 Å². The fourth-order valence-electron chi connectivity index (χ4n) is 3.45. The Labute approximate surface area is 179 Å². The summed E-state index contributed by atoms with van der Waals surface area (Å²) in [5.41, 5.74) is 5.37. The Hall–Kier alpha value is -3.37. The molecule has 0 fully saturated rings. The van der Waals surface area contributed by atoms with Crippen molar-refractivity contribution in [2.24, 2.45) is 0 Å². The minimum Gasteiger partial charge on any atom is -0.322 e. The lowest BCUT2D eigenvalue weighted by Gasteiger charge is -2.13. The Morgan fingerprint density at radius 2 is 1.63 bits per heavy atom. The number of hydrogen-bond donors (Lipinski definition) is 1. The summed E-state index contributed by atoms with van der Waals surface area (Å²) >= 11 is 6.04. The maximum atomic E-state index is 13.9. The minimum atomic E-state index is -0.340.